The van der Waals surface area contributed by atoms with E-state index in [1.807, 2.05) is 13.8 Å². The number of nitrogens with one attached hydrogen (secondary N) is 1. The number of hydrogen-bond acceptors (Lipinski definition) is 2. The third-order valence-electron chi connectivity index (χ3n) is 4.57. The Bertz CT molecular complexity index is 622. The summed E-state index contributed by atoms with van der Waals surface area (Å²) < 4.78 is 0. The van der Waals surface area contributed by atoms with Gasteiger partial charge in [-0.05, 0) is 43.2 Å². The number of carbonyl (C=O) groups is 1. The second-order valence-corrected chi connectivity index (χ2v) is 7.32. The van der Waals surface area contributed by atoms with Gasteiger partial charge < -0.3 is 10.6 Å². The molecule has 0 aliphatic rings. The molecule has 0 saturated heterocycles. The van der Waals surface area contributed by atoms with Crippen molar-refractivity contribution in [3.8, 4) is 0 Å². The predicted molar refractivity (Wildman–Crippen MR) is 101 cm³/mol. The van der Waals surface area contributed by atoms with Crippen molar-refractivity contribution in [3.05, 3.63) is 57.8 Å². The highest BCUT2D eigenvalue weighted by Gasteiger charge is 2.25. The van der Waals surface area contributed by atoms with Gasteiger partial charge in [-0.3, -0.25) is 4.79 Å². The Hall–Kier alpha value is -1.65. The van der Waals surface area contributed by atoms with Crippen LogP contribution in [0.3, 0.4) is 0 Å². The van der Waals surface area contributed by atoms with Crippen molar-refractivity contribution in [1.82, 2.24) is 5.32 Å². The fourth-order valence-electron chi connectivity index (χ4n) is 2.82. The number of quaternary nitrogens is 1. The van der Waals surface area contributed by atoms with Crippen molar-refractivity contribution in [2.24, 2.45) is 0 Å². The Kier molecular flexibility index (Phi) is 7.00. The van der Waals surface area contributed by atoms with Crippen molar-refractivity contribution in [2.75, 3.05) is 6.54 Å². The number of amides is 1. The second kappa shape index (κ2) is 9.00. The van der Waals surface area contributed by atoms with Gasteiger partial charge in [-0.2, -0.15) is 0 Å². The molecule has 2 rings (SSSR count). The van der Waals surface area contributed by atoms with Crippen LogP contribution in [0.1, 0.15) is 62.1 Å². The van der Waals surface area contributed by atoms with Crippen LogP contribution in [0.25, 0.3) is 0 Å². The fraction of sp³-hybridized carbons (Fsp3) is 0.450. The van der Waals surface area contributed by atoms with E-state index in [0.717, 1.165) is 6.42 Å². The number of carbonyl (C=O) groups excluding carboxylic acids is 1. The van der Waals surface area contributed by atoms with Gasteiger partial charge >= 0.3 is 0 Å². The van der Waals surface area contributed by atoms with E-state index in [2.05, 4.69) is 66.3 Å². The van der Waals surface area contributed by atoms with Gasteiger partial charge in [0.25, 0.3) is 5.91 Å². The average Bonchev–Trinajstić information content (AvgIpc) is 3.13. The summed E-state index contributed by atoms with van der Waals surface area (Å²) in [5.41, 5.74) is 2.63. The highest BCUT2D eigenvalue weighted by Crippen LogP contribution is 2.25. The monoisotopic (exact) mass is 345 g/mol. The van der Waals surface area contributed by atoms with Gasteiger partial charge in [-0.25, -0.2) is 0 Å². The Labute approximate surface area is 149 Å². The van der Waals surface area contributed by atoms with Crippen LogP contribution in [0.15, 0.2) is 41.8 Å². The lowest BCUT2D eigenvalue weighted by Crippen LogP contribution is -2.92. The third kappa shape index (κ3) is 4.68. The van der Waals surface area contributed by atoms with E-state index >= 15 is 0 Å². The molecule has 1 heterocycles. The topological polar surface area (TPSA) is 45.7 Å². The molecular formula is C20H29N2OS+. The van der Waals surface area contributed by atoms with Gasteiger partial charge in [0.1, 0.15) is 6.04 Å². The zero-order chi connectivity index (χ0) is 17.5. The fourth-order valence-corrected chi connectivity index (χ4v) is 3.65. The standard InChI is InChI=1S/C20H28N2OS/c1-5-14(3)16-9-11-17(12-10-16)19(18-8-7-13-24-18)22-15(4)20(23)21-6-2/h7-15,19,22H,5-6H2,1-4H3,(H,21,23)/p+1/t14-,15+,19-/m1/s1. The Morgan fingerprint density at radius 2 is 1.79 bits per heavy atom. The lowest BCUT2D eigenvalue weighted by atomic mass is 9.95. The molecule has 3 atom stereocenters. The van der Waals surface area contributed by atoms with E-state index in [1.165, 1.54) is 16.0 Å². The summed E-state index contributed by atoms with van der Waals surface area (Å²) in [6, 6.07) is 13.2. The number of hydrogen-bond donors (Lipinski definition) is 2. The summed E-state index contributed by atoms with van der Waals surface area (Å²) in [7, 11) is 0. The molecule has 0 radical (unpaired) electrons. The molecule has 0 spiro atoms. The number of nitrogens with two attached hydrogens (primary N) is 1. The summed E-state index contributed by atoms with van der Waals surface area (Å²) in [5, 5.41) is 7.17. The molecule has 0 aliphatic carbocycles. The maximum absolute atomic E-state index is 12.1. The first kappa shape index (κ1) is 18.7. The molecule has 1 aromatic heterocycles. The average molecular weight is 346 g/mol. The maximum Gasteiger partial charge on any atom is 0.277 e. The van der Waals surface area contributed by atoms with Gasteiger partial charge in [0, 0.05) is 12.1 Å². The zero-order valence-corrected chi connectivity index (χ0v) is 15.9. The molecule has 3 N–H and O–H groups in total. The zero-order valence-electron chi connectivity index (χ0n) is 15.1. The van der Waals surface area contributed by atoms with E-state index in [9.17, 15) is 4.79 Å². The highest BCUT2D eigenvalue weighted by atomic mass is 32.1. The van der Waals surface area contributed by atoms with Crippen LogP contribution in [0.2, 0.25) is 0 Å². The number of likely N-dealkylation sites (N-methyl/N-ethyl adjacent to an activating group) is 1. The van der Waals surface area contributed by atoms with Gasteiger partial charge in [0.2, 0.25) is 0 Å². The number of rotatable bonds is 8. The molecule has 0 unspecified atom stereocenters. The smallest absolute Gasteiger partial charge is 0.277 e. The summed E-state index contributed by atoms with van der Waals surface area (Å²) in [5.74, 6) is 0.674. The second-order valence-electron chi connectivity index (χ2n) is 6.34. The maximum atomic E-state index is 12.1. The van der Waals surface area contributed by atoms with Crippen LogP contribution in [-0.2, 0) is 4.79 Å². The van der Waals surface area contributed by atoms with Crippen LogP contribution in [0.5, 0.6) is 0 Å². The molecule has 130 valence electrons. The summed E-state index contributed by atoms with van der Waals surface area (Å²) >= 11 is 1.74. The lowest BCUT2D eigenvalue weighted by molar-refractivity contribution is -0.704. The van der Waals surface area contributed by atoms with Gasteiger partial charge in [0.05, 0.1) is 4.88 Å². The van der Waals surface area contributed by atoms with Crippen LogP contribution >= 0.6 is 11.3 Å². The Morgan fingerprint density at radius 3 is 2.33 bits per heavy atom. The van der Waals surface area contributed by atoms with Crippen molar-refractivity contribution in [1.29, 1.82) is 0 Å². The molecule has 3 nitrogen and oxygen atoms in total. The summed E-state index contributed by atoms with van der Waals surface area (Å²) in [4.78, 5) is 13.4. The first-order valence-electron chi connectivity index (χ1n) is 8.82. The molecular weight excluding hydrogens is 316 g/mol. The number of benzene rings is 1. The normalized spacial score (nSPS) is 14.8. The molecule has 0 saturated carbocycles. The minimum Gasteiger partial charge on any atom is -0.351 e. The van der Waals surface area contributed by atoms with Crippen molar-refractivity contribution >= 4 is 17.2 Å². The molecule has 0 fully saturated rings. The SMILES string of the molecule is CCNC(=O)[C@H](C)[NH2+][C@H](c1ccc([C@H](C)CC)cc1)c1cccs1. The van der Waals surface area contributed by atoms with E-state index < -0.39 is 0 Å². The Morgan fingerprint density at radius 1 is 1.12 bits per heavy atom. The van der Waals surface area contributed by atoms with E-state index in [-0.39, 0.29) is 18.0 Å². The highest BCUT2D eigenvalue weighted by molar-refractivity contribution is 7.10. The minimum absolute atomic E-state index is 0.0929. The minimum atomic E-state index is -0.119. The van der Waals surface area contributed by atoms with Crippen molar-refractivity contribution in [3.63, 3.8) is 0 Å². The predicted octanol–water partition coefficient (Wildman–Crippen LogP) is 3.44. The van der Waals surface area contributed by atoms with Crippen LogP contribution in [0.4, 0.5) is 0 Å². The first-order valence-corrected chi connectivity index (χ1v) is 9.70. The van der Waals surface area contributed by atoms with Crippen molar-refractivity contribution < 1.29 is 10.1 Å². The summed E-state index contributed by atoms with van der Waals surface area (Å²) in [6.07, 6.45) is 1.15. The molecule has 4 heteroatoms. The van der Waals surface area contributed by atoms with Crippen LogP contribution < -0.4 is 10.6 Å². The van der Waals surface area contributed by atoms with Crippen LogP contribution in [-0.4, -0.2) is 18.5 Å². The van der Waals surface area contributed by atoms with E-state index in [4.69, 9.17) is 0 Å². The van der Waals surface area contributed by atoms with Crippen molar-refractivity contribution in [2.45, 2.75) is 52.1 Å². The molecule has 2 aromatic rings. The molecule has 24 heavy (non-hydrogen) atoms. The molecule has 0 aliphatic heterocycles. The Balaban J connectivity index is 2.22. The number of thiophene rings is 1. The van der Waals surface area contributed by atoms with E-state index in [1.54, 1.807) is 11.3 Å². The molecule has 1 aromatic carbocycles. The lowest BCUT2D eigenvalue weighted by Gasteiger charge is -2.20. The van der Waals surface area contributed by atoms with Gasteiger partial charge in [-0.1, -0.05) is 44.2 Å². The third-order valence-corrected chi connectivity index (χ3v) is 5.53. The summed E-state index contributed by atoms with van der Waals surface area (Å²) in [6.45, 7) is 9.07. The van der Waals surface area contributed by atoms with Gasteiger partial charge in [-0.15, -0.1) is 11.3 Å². The molecule has 0 bridgehead atoms. The molecule has 1 amide bonds. The largest absolute Gasteiger partial charge is 0.351 e. The van der Waals surface area contributed by atoms with Gasteiger partial charge in [0.15, 0.2) is 6.04 Å². The first-order chi connectivity index (χ1) is 11.6. The van der Waals surface area contributed by atoms with Crippen LogP contribution in [0, 0.1) is 0 Å². The quantitative estimate of drug-likeness (QED) is 0.756. The van der Waals surface area contributed by atoms with E-state index in [0.29, 0.717) is 12.5 Å².